The highest BCUT2D eigenvalue weighted by atomic mass is 35.5. The van der Waals surface area contributed by atoms with Crippen LogP contribution in [-0.4, -0.2) is 9.55 Å². The molecule has 7 heteroatoms. The Kier molecular flexibility index (Phi) is 3.69. The average molecular weight is 333 g/mol. The summed E-state index contributed by atoms with van der Waals surface area (Å²) in [6.07, 6.45) is 1.46. The predicted molar refractivity (Wildman–Crippen MR) is 90.8 cm³/mol. The summed E-state index contributed by atoms with van der Waals surface area (Å²) < 4.78 is 15.4. The van der Waals surface area contributed by atoms with E-state index in [0.717, 1.165) is 0 Å². The monoisotopic (exact) mass is 332 g/mol. The molecule has 3 N–H and O–H groups in total. The highest BCUT2D eigenvalue weighted by Gasteiger charge is 2.14. The third-order valence-electron chi connectivity index (χ3n) is 3.73. The van der Waals surface area contributed by atoms with Crippen molar-refractivity contribution in [3.8, 4) is 0 Å². The third kappa shape index (κ3) is 2.51. The van der Waals surface area contributed by atoms with Crippen molar-refractivity contribution in [2.45, 2.75) is 6.92 Å². The maximum Gasteiger partial charge on any atom is 0.261 e. The Hall–Kier alpha value is -2.60. The average Bonchev–Trinajstić information content (AvgIpc) is 2.53. The standard InChI is InChI=1S/C16H14ClFN4O/c1-8-11(21-15-9(18)3-4-10(19)14(15)17)5-6-12-13(8)16(23)22(2)7-20-12/h3-7,21H,19H2,1-2H3. The first kappa shape index (κ1) is 15.3. The fourth-order valence-electron chi connectivity index (χ4n) is 2.41. The Balaban J connectivity index is 2.19. The van der Waals surface area contributed by atoms with Gasteiger partial charge in [0.05, 0.1) is 33.6 Å². The zero-order valence-corrected chi connectivity index (χ0v) is 13.3. The quantitative estimate of drug-likeness (QED) is 0.706. The first-order valence-corrected chi connectivity index (χ1v) is 7.23. The van der Waals surface area contributed by atoms with Gasteiger partial charge in [0, 0.05) is 12.7 Å². The molecule has 0 bridgehead atoms. The van der Waals surface area contributed by atoms with Gasteiger partial charge in [-0.2, -0.15) is 0 Å². The molecular formula is C16H14ClFN4O. The molecule has 1 aromatic heterocycles. The van der Waals surface area contributed by atoms with Gasteiger partial charge in [0.25, 0.3) is 5.56 Å². The van der Waals surface area contributed by atoms with Gasteiger partial charge in [-0.15, -0.1) is 0 Å². The summed E-state index contributed by atoms with van der Waals surface area (Å²) in [6.45, 7) is 1.77. The van der Waals surface area contributed by atoms with Gasteiger partial charge in [0.2, 0.25) is 0 Å². The number of hydrogen-bond donors (Lipinski definition) is 2. The summed E-state index contributed by atoms with van der Waals surface area (Å²) in [4.78, 5) is 16.5. The summed E-state index contributed by atoms with van der Waals surface area (Å²) in [5.41, 5.74) is 7.70. The zero-order chi connectivity index (χ0) is 16.7. The van der Waals surface area contributed by atoms with Crippen LogP contribution in [0.15, 0.2) is 35.4 Å². The lowest BCUT2D eigenvalue weighted by atomic mass is 10.1. The van der Waals surface area contributed by atoms with Crippen LogP contribution >= 0.6 is 11.6 Å². The molecule has 0 radical (unpaired) electrons. The lowest BCUT2D eigenvalue weighted by molar-refractivity contribution is 0.632. The topological polar surface area (TPSA) is 72.9 Å². The first-order valence-electron chi connectivity index (χ1n) is 6.85. The molecule has 0 aliphatic rings. The number of nitrogens with one attached hydrogen (secondary N) is 1. The molecule has 5 nitrogen and oxygen atoms in total. The Labute approximate surface area is 136 Å². The molecule has 3 rings (SSSR count). The molecule has 0 fully saturated rings. The second kappa shape index (κ2) is 5.55. The smallest absolute Gasteiger partial charge is 0.261 e. The van der Waals surface area contributed by atoms with Gasteiger partial charge < -0.3 is 15.6 Å². The molecular weight excluding hydrogens is 319 g/mol. The molecule has 0 aliphatic carbocycles. The summed E-state index contributed by atoms with van der Waals surface area (Å²) >= 11 is 6.07. The van der Waals surface area contributed by atoms with Crippen molar-refractivity contribution in [3.05, 3.63) is 57.3 Å². The van der Waals surface area contributed by atoms with Crippen molar-refractivity contribution in [3.63, 3.8) is 0 Å². The maximum atomic E-state index is 14.0. The Morgan fingerprint density at radius 3 is 2.78 bits per heavy atom. The molecule has 3 aromatic rings. The number of rotatable bonds is 2. The van der Waals surface area contributed by atoms with Crippen molar-refractivity contribution < 1.29 is 4.39 Å². The molecule has 0 saturated carbocycles. The van der Waals surface area contributed by atoms with Crippen LogP contribution in [0.1, 0.15) is 5.56 Å². The van der Waals surface area contributed by atoms with Crippen molar-refractivity contribution in [2.75, 3.05) is 11.1 Å². The van der Waals surface area contributed by atoms with Crippen molar-refractivity contribution in [1.82, 2.24) is 9.55 Å². The van der Waals surface area contributed by atoms with Crippen LogP contribution in [0.25, 0.3) is 10.9 Å². The number of nitrogen functional groups attached to an aromatic ring is 1. The molecule has 0 atom stereocenters. The molecule has 0 amide bonds. The molecule has 0 spiro atoms. The van der Waals surface area contributed by atoms with Crippen LogP contribution in [0.4, 0.5) is 21.5 Å². The molecule has 0 aliphatic heterocycles. The summed E-state index contributed by atoms with van der Waals surface area (Å²) in [7, 11) is 1.63. The number of aryl methyl sites for hydroxylation is 2. The number of nitrogens with zero attached hydrogens (tertiary/aromatic N) is 2. The van der Waals surface area contributed by atoms with E-state index in [4.69, 9.17) is 17.3 Å². The van der Waals surface area contributed by atoms with E-state index in [1.165, 1.54) is 23.0 Å². The van der Waals surface area contributed by atoms with E-state index < -0.39 is 5.82 Å². The van der Waals surface area contributed by atoms with Gasteiger partial charge in [-0.3, -0.25) is 4.79 Å². The largest absolute Gasteiger partial charge is 0.397 e. The van der Waals surface area contributed by atoms with E-state index in [2.05, 4.69) is 10.3 Å². The van der Waals surface area contributed by atoms with Crippen LogP contribution < -0.4 is 16.6 Å². The fourth-order valence-corrected chi connectivity index (χ4v) is 2.61. The summed E-state index contributed by atoms with van der Waals surface area (Å²) in [5.74, 6) is -0.525. The fraction of sp³-hybridized carbons (Fsp3) is 0.125. The van der Waals surface area contributed by atoms with E-state index in [-0.39, 0.29) is 22.0 Å². The highest BCUT2D eigenvalue weighted by Crippen LogP contribution is 2.34. The van der Waals surface area contributed by atoms with Gasteiger partial charge in [-0.1, -0.05) is 11.6 Å². The minimum atomic E-state index is -0.525. The maximum absolute atomic E-state index is 14.0. The zero-order valence-electron chi connectivity index (χ0n) is 12.5. The van der Waals surface area contributed by atoms with E-state index in [1.807, 2.05) is 0 Å². The van der Waals surface area contributed by atoms with Crippen molar-refractivity contribution in [2.24, 2.45) is 7.05 Å². The predicted octanol–water partition coefficient (Wildman–Crippen LogP) is 3.36. The first-order chi connectivity index (χ1) is 10.9. The number of halogens is 2. The molecule has 2 aromatic carbocycles. The van der Waals surface area contributed by atoms with Gasteiger partial charge in [-0.25, -0.2) is 9.37 Å². The third-order valence-corrected chi connectivity index (χ3v) is 4.14. The minimum Gasteiger partial charge on any atom is -0.397 e. The molecule has 118 valence electrons. The molecule has 1 heterocycles. The Bertz CT molecular complexity index is 984. The summed E-state index contributed by atoms with van der Waals surface area (Å²) in [6, 6.07) is 6.06. The molecule has 0 saturated heterocycles. The van der Waals surface area contributed by atoms with Crippen LogP contribution in [0.3, 0.4) is 0 Å². The van der Waals surface area contributed by atoms with Gasteiger partial charge in [0.15, 0.2) is 0 Å². The molecule has 0 unspecified atom stereocenters. The number of anilines is 3. The number of hydrogen-bond acceptors (Lipinski definition) is 4. The second-order valence-electron chi connectivity index (χ2n) is 5.24. The highest BCUT2D eigenvalue weighted by molar-refractivity contribution is 6.35. The minimum absolute atomic E-state index is 0.0785. The van der Waals surface area contributed by atoms with E-state index in [0.29, 0.717) is 22.2 Å². The number of fused-ring (bicyclic) bond motifs is 1. The van der Waals surface area contributed by atoms with Crippen molar-refractivity contribution >= 4 is 39.6 Å². The summed E-state index contributed by atoms with van der Waals surface area (Å²) in [5, 5.41) is 3.50. The molecule has 23 heavy (non-hydrogen) atoms. The van der Waals surface area contributed by atoms with Crippen LogP contribution in [0.5, 0.6) is 0 Å². The van der Waals surface area contributed by atoms with E-state index >= 15 is 0 Å². The van der Waals surface area contributed by atoms with Crippen LogP contribution in [0, 0.1) is 12.7 Å². The number of benzene rings is 2. The second-order valence-corrected chi connectivity index (χ2v) is 5.62. The normalized spacial score (nSPS) is 11.0. The van der Waals surface area contributed by atoms with E-state index in [1.54, 1.807) is 26.1 Å². The number of aromatic nitrogens is 2. The Morgan fingerprint density at radius 2 is 2.04 bits per heavy atom. The SMILES string of the molecule is Cc1c(Nc2c(F)ccc(N)c2Cl)ccc2ncn(C)c(=O)c12. The van der Waals surface area contributed by atoms with Crippen LogP contribution in [-0.2, 0) is 7.05 Å². The lowest BCUT2D eigenvalue weighted by Crippen LogP contribution is -2.18. The lowest BCUT2D eigenvalue weighted by Gasteiger charge is -2.14. The van der Waals surface area contributed by atoms with E-state index in [9.17, 15) is 9.18 Å². The Morgan fingerprint density at radius 1 is 1.30 bits per heavy atom. The van der Waals surface area contributed by atoms with Crippen LogP contribution in [0.2, 0.25) is 5.02 Å². The number of nitrogens with two attached hydrogens (primary N) is 1. The van der Waals surface area contributed by atoms with Gasteiger partial charge in [0.1, 0.15) is 5.82 Å². The van der Waals surface area contributed by atoms with Crippen molar-refractivity contribution in [1.29, 1.82) is 0 Å². The van der Waals surface area contributed by atoms with Gasteiger partial charge in [-0.05, 0) is 36.8 Å². The van der Waals surface area contributed by atoms with Gasteiger partial charge >= 0.3 is 0 Å².